The first-order chi connectivity index (χ1) is 9.81. The predicted octanol–water partition coefficient (Wildman–Crippen LogP) is 3.55. The van der Waals surface area contributed by atoms with Crippen LogP contribution >= 0.6 is 0 Å². The van der Waals surface area contributed by atoms with Gasteiger partial charge in [-0.3, -0.25) is 4.79 Å². The van der Waals surface area contributed by atoms with Gasteiger partial charge in [-0.05, 0) is 25.0 Å². The van der Waals surface area contributed by atoms with E-state index in [2.05, 4.69) is 11.8 Å². The molecule has 0 aromatic heterocycles. The molecule has 1 saturated carbocycles. The van der Waals surface area contributed by atoms with Crippen molar-refractivity contribution >= 4 is 5.97 Å². The van der Waals surface area contributed by atoms with E-state index in [1.165, 1.54) is 12.8 Å². The molecule has 1 aromatic rings. The van der Waals surface area contributed by atoms with Gasteiger partial charge in [0.15, 0.2) is 0 Å². The van der Waals surface area contributed by atoms with E-state index >= 15 is 0 Å². The van der Waals surface area contributed by atoms with Gasteiger partial charge in [0.05, 0.1) is 12.0 Å². The van der Waals surface area contributed by atoms with Crippen molar-refractivity contribution < 1.29 is 9.53 Å². The highest BCUT2D eigenvalue weighted by molar-refractivity contribution is 5.79. The van der Waals surface area contributed by atoms with Crippen molar-refractivity contribution in [1.29, 1.82) is 0 Å². The van der Waals surface area contributed by atoms with E-state index in [1.54, 1.807) is 0 Å². The topological polar surface area (TPSA) is 26.3 Å². The molecule has 0 N–H and O–H groups in total. The van der Waals surface area contributed by atoms with Crippen molar-refractivity contribution in [2.24, 2.45) is 11.3 Å². The molecule has 2 nitrogen and oxygen atoms in total. The van der Waals surface area contributed by atoms with E-state index in [4.69, 9.17) is 4.74 Å². The van der Waals surface area contributed by atoms with E-state index in [-0.39, 0.29) is 11.4 Å². The standard InChI is InChI=1S/C18H20O2/c19-17-18(12-6-2-5-11-16(18)14-20-17)13-7-10-15-8-3-1-4-9-15/h1,3-4,8-9,16H,2,5-6,11-14H2/t16-,18+/m1/s1. The van der Waals surface area contributed by atoms with Gasteiger partial charge >= 0.3 is 5.97 Å². The van der Waals surface area contributed by atoms with Crippen LogP contribution in [-0.4, -0.2) is 12.6 Å². The zero-order valence-corrected chi connectivity index (χ0v) is 11.7. The van der Waals surface area contributed by atoms with Gasteiger partial charge in [-0.1, -0.05) is 49.3 Å². The number of esters is 1. The number of hydrogen-bond acceptors (Lipinski definition) is 2. The van der Waals surface area contributed by atoms with Gasteiger partial charge in [0.2, 0.25) is 0 Å². The third kappa shape index (κ3) is 2.45. The Labute approximate surface area is 120 Å². The molecule has 0 unspecified atom stereocenters. The molecule has 3 rings (SSSR count). The lowest BCUT2D eigenvalue weighted by Crippen LogP contribution is -2.32. The average Bonchev–Trinajstić information content (AvgIpc) is 2.66. The highest BCUT2D eigenvalue weighted by Crippen LogP contribution is 2.47. The molecule has 104 valence electrons. The van der Waals surface area contributed by atoms with E-state index in [0.29, 0.717) is 18.9 Å². The summed E-state index contributed by atoms with van der Waals surface area (Å²) < 4.78 is 5.35. The molecule has 1 aliphatic heterocycles. The monoisotopic (exact) mass is 268 g/mol. The second-order valence-corrected chi connectivity index (χ2v) is 5.90. The number of carbonyl (C=O) groups is 1. The summed E-state index contributed by atoms with van der Waals surface area (Å²) >= 11 is 0. The van der Waals surface area contributed by atoms with Crippen LogP contribution in [0.3, 0.4) is 0 Å². The maximum atomic E-state index is 12.2. The van der Waals surface area contributed by atoms with Gasteiger partial charge in [-0.25, -0.2) is 0 Å². The normalized spacial score (nSPS) is 28.8. The Kier molecular flexibility index (Phi) is 3.78. The lowest BCUT2D eigenvalue weighted by Gasteiger charge is -2.26. The van der Waals surface area contributed by atoms with Crippen molar-refractivity contribution in [1.82, 2.24) is 0 Å². The lowest BCUT2D eigenvalue weighted by molar-refractivity contribution is -0.146. The summed E-state index contributed by atoms with van der Waals surface area (Å²) in [5, 5.41) is 0. The van der Waals surface area contributed by atoms with Crippen molar-refractivity contribution in [3.63, 3.8) is 0 Å². The number of rotatable bonds is 1. The fraction of sp³-hybridized carbons (Fsp3) is 0.500. The molecule has 1 heterocycles. The smallest absolute Gasteiger partial charge is 0.313 e. The molecule has 2 fully saturated rings. The van der Waals surface area contributed by atoms with Gasteiger partial charge < -0.3 is 4.74 Å². The number of benzene rings is 1. The van der Waals surface area contributed by atoms with Crippen LogP contribution in [-0.2, 0) is 9.53 Å². The van der Waals surface area contributed by atoms with Gasteiger partial charge in [0.1, 0.15) is 0 Å². The summed E-state index contributed by atoms with van der Waals surface area (Å²) in [4.78, 5) is 12.2. The molecular weight excluding hydrogens is 248 g/mol. The molecule has 2 atom stereocenters. The van der Waals surface area contributed by atoms with Crippen LogP contribution in [0.1, 0.15) is 44.1 Å². The molecule has 0 amide bonds. The largest absolute Gasteiger partial charge is 0.465 e. The maximum Gasteiger partial charge on any atom is 0.313 e. The SMILES string of the molecule is O=C1OC[C@H]2CCCCC[C@@]12CC#Cc1ccccc1. The van der Waals surface area contributed by atoms with Crippen LogP contribution in [0, 0.1) is 23.2 Å². The molecule has 1 aliphatic carbocycles. The van der Waals surface area contributed by atoms with E-state index in [1.807, 2.05) is 30.3 Å². The van der Waals surface area contributed by atoms with Gasteiger partial charge in [-0.2, -0.15) is 0 Å². The molecule has 1 saturated heterocycles. The van der Waals surface area contributed by atoms with Crippen LogP contribution in [0.2, 0.25) is 0 Å². The molecule has 0 spiro atoms. The van der Waals surface area contributed by atoms with Crippen molar-refractivity contribution in [2.75, 3.05) is 6.61 Å². The Balaban J connectivity index is 1.79. The first-order valence-electron chi connectivity index (χ1n) is 7.52. The first kappa shape index (κ1) is 13.2. The Hall–Kier alpha value is -1.75. The number of ether oxygens (including phenoxy) is 1. The van der Waals surface area contributed by atoms with Crippen molar-refractivity contribution in [3.8, 4) is 11.8 Å². The molecule has 20 heavy (non-hydrogen) atoms. The Bertz CT molecular complexity index is 538. The predicted molar refractivity (Wildman–Crippen MR) is 77.9 cm³/mol. The van der Waals surface area contributed by atoms with Gasteiger partial charge in [0.25, 0.3) is 0 Å². The Morgan fingerprint density at radius 3 is 2.90 bits per heavy atom. The minimum Gasteiger partial charge on any atom is -0.465 e. The van der Waals surface area contributed by atoms with Gasteiger partial charge in [-0.15, -0.1) is 0 Å². The summed E-state index contributed by atoms with van der Waals surface area (Å²) in [7, 11) is 0. The summed E-state index contributed by atoms with van der Waals surface area (Å²) in [6.07, 6.45) is 6.27. The quantitative estimate of drug-likeness (QED) is 0.575. The van der Waals surface area contributed by atoms with Crippen LogP contribution in [0.5, 0.6) is 0 Å². The summed E-state index contributed by atoms with van der Waals surface area (Å²) in [6, 6.07) is 9.96. The van der Waals surface area contributed by atoms with Crippen LogP contribution in [0.4, 0.5) is 0 Å². The highest BCUT2D eigenvalue weighted by Gasteiger charge is 2.51. The highest BCUT2D eigenvalue weighted by atomic mass is 16.5. The zero-order valence-electron chi connectivity index (χ0n) is 11.7. The maximum absolute atomic E-state index is 12.2. The van der Waals surface area contributed by atoms with Crippen molar-refractivity contribution in [2.45, 2.75) is 38.5 Å². The second kappa shape index (κ2) is 5.71. The minimum atomic E-state index is -0.321. The van der Waals surface area contributed by atoms with E-state index in [9.17, 15) is 4.79 Å². The van der Waals surface area contributed by atoms with Crippen LogP contribution in [0.25, 0.3) is 0 Å². The van der Waals surface area contributed by atoms with Crippen LogP contribution < -0.4 is 0 Å². The summed E-state index contributed by atoms with van der Waals surface area (Å²) in [6.45, 7) is 0.603. The third-order valence-electron chi connectivity index (χ3n) is 4.69. The number of hydrogen-bond donors (Lipinski definition) is 0. The second-order valence-electron chi connectivity index (χ2n) is 5.90. The minimum absolute atomic E-state index is 0.00763. The zero-order chi connectivity index (χ0) is 13.8. The molecule has 0 radical (unpaired) electrons. The summed E-state index contributed by atoms with van der Waals surface area (Å²) in [5.74, 6) is 6.79. The molecular formula is C18H20O2. The van der Waals surface area contributed by atoms with Crippen LogP contribution in [0.15, 0.2) is 30.3 Å². The van der Waals surface area contributed by atoms with E-state index in [0.717, 1.165) is 24.8 Å². The molecule has 0 bridgehead atoms. The fourth-order valence-corrected chi connectivity index (χ4v) is 3.45. The number of fused-ring (bicyclic) bond motifs is 1. The number of carbonyl (C=O) groups excluding carboxylic acids is 1. The molecule has 1 aromatic carbocycles. The van der Waals surface area contributed by atoms with E-state index < -0.39 is 0 Å². The fourth-order valence-electron chi connectivity index (χ4n) is 3.45. The average molecular weight is 268 g/mol. The summed E-state index contributed by atoms with van der Waals surface area (Å²) in [5.41, 5.74) is 0.693. The first-order valence-corrected chi connectivity index (χ1v) is 7.52. The lowest BCUT2D eigenvalue weighted by atomic mass is 9.71. The molecule has 2 aliphatic rings. The Morgan fingerprint density at radius 1 is 1.20 bits per heavy atom. The van der Waals surface area contributed by atoms with Crippen molar-refractivity contribution in [3.05, 3.63) is 35.9 Å². The Morgan fingerprint density at radius 2 is 2.05 bits per heavy atom. The molecule has 2 heteroatoms. The number of cyclic esters (lactones) is 1. The third-order valence-corrected chi connectivity index (χ3v) is 4.69. The van der Waals surface area contributed by atoms with Gasteiger partial charge in [0, 0.05) is 17.9 Å².